The molecule has 5 heteroatoms. The molecule has 0 atom stereocenters. The first-order chi connectivity index (χ1) is 11.6. The Balaban J connectivity index is 1.49. The summed E-state index contributed by atoms with van der Waals surface area (Å²) in [6, 6.07) is 11.4. The number of furan rings is 1. The summed E-state index contributed by atoms with van der Waals surface area (Å²) in [5, 5.41) is 2.97. The van der Waals surface area contributed by atoms with Gasteiger partial charge in [0.2, 0.25) is 5.91 Å². The van der Waals surface area contributed by atoms with Crippen molar-refractivity contribution in [2.45, 2.75) is 32.2 Å². The molecule has 1 aromatic carbocycles. The van der Waals surface area contributed by atoms with E-state index in [1.807, 2.05) is 36.1 Å². The van der Waals surface area contributed by atoms with Crippen LogP contribution in [-0.2, 0) is 11.2 Å². The van der Waals surface area contributed by atoms with Gasteiger partial charge in [0, 0.05) is 19.1 Å². The van der Waals surface area contributed by atoms with Crippen molar-refractivity contribution >= 4 is 11.8 Å². The number of nitrogens with zero attached hydrogens (tertiary/aromatic N) is 1. The predicted octanol–water partition coefficient (Wildman–Crippen LogP) is 2.55. The Labute approximate surface area is 141 Å². The summed E-state index contributed by atoms with van der Waals surface area (Å²) in [5.41, 5.74) is 2.22. The van der Waals surface area contributed by atoms with Crippen LogP contribution in [0.5, 0.6) is 0 Å². The van der Waals surface area contributed by atoms with Gasteiger partial charge in [-0.05, 0) is 43.0 Å². The van der Waals surface area contributed by atoms with Crippen molar-refractivity contribution in [3.05, 3.63) is 59.5 Å². The van der Waals surface area contributed by atoms with Gasteiger partial charge in [-0.15, -0.1) is 0 Å². The van der Waals surface area contributed by atoms with Gasteiger partial charge in [0.05, 0.1) is 12.7 Å². The molecular formula is C19H22N2O3. The quantitative estimate of drug-likeness (QED) is 0.939. The minimum absolute atomic E-state index is 0.0881. The summed E-state index contributed by atoms with van der Waals surface area (Å²) in [5.74, 6) is 0.290. The number of nitrogens with one attached hydrogen (secondary N) is 1. The van der Waals surface area contributed by atoms with Gasteiger partial charge < -0.3 is 14.6 Å². The summed E-state index contributed by atoms with van der Waals surface area (Å²) >= 11 is 0. The lowest BCUT2D eigenvalue weighted by molar-refractivity contribution is -0.131. The molecule has 0 radical (unpaired) electrons. The SMILES string of the molecule is Cc1ccccc1CC(=O)N1CCC(NC(=O)c2ccco2)CC1. The van der Waals surface area contributed by atoms with Gasteiger partial charge in [0.1, 0.15) is 0 Å². The molecule has 0 saturated carbocycles. The van der Waals surface area contributed by atoms with Gasteiger partial charge in [-0.3, -0.25) is 9.59 Å². The van der Waals surface area contributed by atoms with E-state index < -0.39 is 0 Å². The van der Waals surface area contributed by atoms with E-state index in [2.05, 4.69) is 5.32 Å². The molecule has 3 rings (SSSR count). The van der Waals surface area contributed by atoms with Crippen LogP contribution in [0.1, 0.15) is 34.5 Å². The topological polar surface area (TPSA) is 62.6 Å². The number of benzene rings is 1. The molecule has 0 bridgehead atoms. The normalized spacial score (nSPS) is 15.3. The largest absolute Gasteiger partial charge is 0.459 e. The maximum atomic E-state index is 12.5. The monoisotopic (exact) mass is 326 g/mol. The molecule has 1 aliphatic heterocycles. The van der Waals surface area contributed by atoms with Crippen molar-refractivity contribution in [3.63, 3.8) is 0 Å². The highest BCUT2D eigenvalue weighted by Gasteiger charge is 2.24. The summed E-state index contributed by atoms with van der Waals surface area (Å²) in [6.07, 6.45) is 3.47. The van der Waals surface area contributed by atoms with E-state index in [4.69, 9.17) is 4.42 Å². The highest BCUT2D eigenvalue weighted by atomic mass is 16.3. The minimum atomic E-state index is -0.190. The van der Waals surface area contributed by atoms with Crippen LogP contribution in [0.3, 0.4) is 0 Å². The number of piperidine rings is 1. The molecule has 0 spiro atoms. The summed E-state index contributed by atoms with van der Waals surface area (Å²) in [6.45, 7) is 3.38. The van der Waals surface area contributed by atoms with Crippen LogP contribution in [0, 0.1) is 6.92 Å². The maximum Gasteiger partial charge on any atom is 0.287 e. The molecule has 0 unspecified atom stereocenters. The van der Waals surface area contributed by atoms with Crippen molar-refractivity contribution in [2.75, 3.05) is 13.1 Å². The van der Waals surface area contributed by atoms with E-state index >= 15 is 0 Å². The molecule has 1 fully saturated rings. The predicted molar refractivity (Wildman–Crippen MR) is 90.7 cm³/mol. The van der Waals surface area contributed by atoms with Crippen LogP contribution >= 0.6 is 0 Å². The van der Waals surface area contributed by atoms with Crippen LogP contribution in [0.2, 0.25) is 0 Å². The third-order valence-corrected chi connectivity index (χ3v) is 4.53. The second kappa shape index (κ2) is 7.34. The fraction of sp³-hybridized carbons (Fsp3) is 0.368. The van der Waals surface area contributed by atoms with Crippen molar-refractivity contribution in [1.82, 2.24) is 10.2 Å². The van der Waals surface area contributed by atoms with Crippen LogP contribution in [0.4, 0.5) is 0 Å². The van der Waals surface area contributed by atoms with E-state index in [0.29, 0.717) is 25.3 Å². The molecule has 0 aliphatic carbocycles. The van der Waals surface area contributed by atoms with Gasteiger partial charge >= 0.3 is 0 Å². The number of aryl methyl sites for hydroxylation is 1. The first-order valence-electron chi connectivity index (χ1n) is 8.30. The van der Waals surface area contributed by atoms with Crippen molar-refractivity contribution < 1.29 is 14.0 Å². The molecule has 5 nitrogen and oxygen atoms in total. The number of hydrogen-bond acceptors (Lipinski definition) is 3. The molecule has 126 valence electrons. The zero-order valence-electron chi connectivity index (χ0n) is 13.8. The Morgan fingerprint density at radius 2 is 1.92 bits per heavy atom. The van der Waals surface area contributed by atoms with Gasteiger partial charge in [-0.1, -0.05) is 24.3 Å². The average Bonchev–Trinajstić information content (AvgIpc) is 3.12. The van der Waals surface area contributed by atoms with Crippen LogP contribution in [-0.4, -0.2) is 35.8 Å². The molecular weight excluding hydrogens is 304 g/mol. The van der Waals surface area contributed by atoms with Crippen molar-refractivity contribution in [1.29, 1.82) is 0 Å². The Bertz CT molecular complexity index is 701. The Kier molecular flexibility index (Phi) is 4.99. The first kappa shape index (κ1) is 16.3. The standard InChI is InChI=1S/C19H22N2O3/c1-14-5-2-3-6-15(14)13-18(22)21-10-8-16(9-11-21)20-19(23)17-7-4-12-24-17/h2-7,12,16H,8-11,13H2,1H3,(H,20,23). The van der Waals surface area contributed by atoms with E-state index in [0.717, 1.165) is 24.0 Å². The number of carbonyl (C=O) groups excluding carboxylic acids is 2. The lowest BCUT2D eigenvalue weighted by Crippen LogP contribution is -2.46. The Hall–Kier alpha value is -2.56. The number of likely N-dealkylation sites (tertiary alicyclic amines) is 1. The summed E-state index contributed by atoms with van der Waals surface area (Å²) in [7, 11) is 0. The van der Waals surface area contributed by atoms with Gasteiger partial charge in [-0.2, -0.15) is 0 Å². The number of amides is 2. The lowest BCUT2D eigenvalue weighted by atomic mass is 10.0. The molecule has 2 aromatic rings. The smallest absolute Gasteiger partial charge is 0.287 e. The van der Waals surface area contributed by atoms with Crippen LogP contribution in [0.25, 0.3) is 0 Å². The molecule has 1 aromatic heterocycles. The summed E-state index contributed by atoms with van der Waals surface area (Å²) in [4.78, 5) is 26.3. The highest BCUT2D eigenvalue weighted by Crippen LogP contribution is 2.15. The van der Waals surface area contributed by atoms with E-state index in [-0.39, 0.29) is 17.9 Å². The van der Waals surface area contributed by atoms with Gasteiger partial charge in [-0.25, -0.2) is 0 Å². The lowest BCUT2D eigenvalue weighted by Gasteiger charge is -2.32. The van der Waals surface area contributed by atoms with Gasteiger partial charge in [0.25, 0.3) is 5.91 Å². The molecule has 1 saturated heterocycles. The number of hydrogen-bond donors (Lipinski definition) is 1. The zero-order valence-corrected chi connectivity index (χ0v) is 13.8. The highest BCUT2D eigenvalue weighted by molar-refractivity contribution is 5.91. The minimum Gasteiger partial charge on any atom is -0.459 e. The second-order valence-corrected chi connectivity index (χ2v) is 6.21. The molecule has 2 heterocycles. The van der Waals surface area contributed by atoms with Crippen LogP contribution in [0.15, 0.2) is 47.1 Å². The van der Waals surface area contributed by atoms with Gasteiger partial charge in [0.15, 0.2) is 5.76 Å². The Morgan fingerprint density at radius 1 is 1.17 bits per heavy atom. The molecule has 1 aliphatic rings. The van der Waals surface area contributed by atoms with Crippen molar-refractivity contribution in [3.8, 4) is 0 Å². The van der Waals surface area contributed by atoms with E-state index in [1.165, 1.54) is 6.26 Å². The van der Waals surface area contributed by atoms with E-state index in [9.17, 15) is 9.59 Å². The molecule has 24 heavy (non-hydrogen) atoms. The zero-order chi connectivity index (χ0) is 16.9. The second-order valence-electron chi connectivity index (χ2n) is 6.21. The molecule has 1 N–H and O–H groups in total. The Morgan fingerprint density at radius 3 is 2.58 bits per heavy atom. The first-order valence-corrected chi connectivity index (χ1v) is 8.30. The third-order valence-electron chi connectivity index (χ3n) is 4.53. The average molecular weight is 326 g/mol. The maximum absolute atomic E-state index is 12.5. The van der Waals surface area contributed by atoms with E-state index in [1.54, 1.807) is 12.1 Å². The molecule has 2 amide bonds. The van der Waals surface area contributed by atoms with Crippen molar-refractivity contribution in [2.24, 2.45) is 0 Å². The number of carbonyl (C=O) groups is 2. The third kappa shape index (κ3) is 3.85. The fourth-order valence-corrected chi connectivity index (χ4v) is 3.02. The van der Waals surface area contributed by atoms with Crippen LogP contribution < -0.4 is 5.32 Å². The summed E-state index contributed by atoms with van der Waals surface area (Å²) < 4.78 is 5.10. The number of rotatable bonds is 4. The fourth-order valence-electron chi connectivity index (χ4n) is 3.02.